The third-order valence-electron chi connectivity index (χ3n) is 6.83. The molecular weight excluding hydrogens is 494 g/mol. The molecule has 0 radical (unpaired) electrons. The number of para-hydroxylation sites is 1. The van der Waals surface area contributed by atoms with Crippen molar-refractivity contribution >= 4 is 34.5 Å². The van der Waals surface area contributed by atoms with Gasteiger partial charge in [-0.1, -0.05) is 58.9 Å². The highest BCUT2D eigenvalue weighted by Gasteiger charge is 2.36. The van der Waals surface area contributed by atoms with Crippen molar-refractivity contribution in [3.05, 3.63) is 53.7 Å². The maximum atomic E-state index is 13.4. The number of pyridine rings is 1. The quantitative estimate of drug-likeness (QED) is 0.347. The zero-order chi connectivity index (χ0) is 28.9. The van der Waals surface area contributed by atoms with Gasteiger partial charge < -0.3 is 21.3 Å². The van der Waals surface area contributed by atoms with Crippen LogP contribution in [0.2, 0.25) is 0 Å². The van der Waals surface area contributed by atoms with E-state index in [4.69, 9.17) is 0 Å². The van der Waals surface area contributed by atoms with Gasteiger partial charge in [-0.3, -0.25) is 24.2 Å². The second-order valence-electron chi connectivity index (χ2n) is 11.6. The number of allylic oxidation sites excluding steroid dienone is 1. The lowest BCUT2D eigenvalue weighted by Crippen LogP contribution is -2.58. The first kappa shape index (κ1) is 29.8. The molecular formula is C30H41N5O4. The number of amides is 4. The minimum Gasteiger partial charge on any atom is -0.350 e. The Kier molecular flexibility index (Phi) is 9.48. The van der Waals surface area contributed by atoms with E-state index in [1.54, 1.807) is 32.2 Å². The molecule has 0 aliphatic heterocycles. The molecule has 9 heteroatoms. The van der Waals surface area contributed by atoms with Crippen molar-refractivity contribution in [1.29, 1.82) is 0 Å². The maximum Gasteiger partial charge on any atom is 0.252 e. The third kappa shape index (κ3) is 7.65. The highest BCUT2D eigenvalue weighted by molar-refractivity contribution is 6.07. The number of aromatic nitrogens is 1. The van der Waals surface area contributed by atoms with Gasteiger partial charge in [-0.25, -0.2) is 0 Å². The van der Waals surface area contributed by atoms with Crippen LogP contribution in [-0.4, -0.2) is 52.8 Å². The second kappa shape index (κ2) is 12.4. The van der Waals surface area contributed by atoms with Crippen molar-refractivity contribution in [2.45, 2.75) is 85.5 Å². The molecule has 0 saturated heterocycles. The Bertz CT molecular complexity index is 1250. The average molecular weight is 536 g/mol. The van der Waals surface area contributed by atoms with Gasteiger partial charge in [-0.05, 0) is 50.2 Å². The standard InChI is InChI=1S/C30H41N5O4/c1-8-20(27(37)33-19-13-14-19)24(17(2)3)34-26(36)18(4)32-29(39)25(30(5,6)7)35-28(38)22-15-16-31-23-12-10-9-11-21(22)23/h8-12,15-19,24-25H,13-14H2,1-7H3,(H,32,39)(H,33,37)(H,34,36)(H,35,38)/t18?,24-,25+/m0/s1. The molecule has 0 spiro atoms. The van der Waals surface area contributed by atoms with Crippen LogP contribution in [0, 0.1) is 11.3 Å². The molecule has 39 heavy (non-hydrogen) atoms. The highest BCUT2D eigenvalue weighted by atomic mass is 16.2. The predicted molar refractivity (Wildman–Crippen MR) is 152 cm³/mol. The molecule has 1 unspecified atom stereocenters. The third-order valence-corrected chi connectivity index (χ3v) is 6.83. The van der Waals surface area contributed by atoms with Crippen LogP contribution < -0.4 is 21.3 Å². The summed E-state index contributed by atoms with van der Waals surface area (Å²) in [5, 5.41) is 12.2. The monoisotopic (exact) mass is 535 g/mol. The second-order valence-corrected chi connectivity index (χ2v) is 11.6. The van der Waals surface area contributed by atoms with E-state index in [0.29, 0.717) is 22.0 Å². The van der Waals surface area contributed by atoms with E-state index in [1.165, 1.54) is 0 Å². The number of hydrogen-bond acceptors (Lipinski definition) is 5. The first-order valence-corrected chi connectivity index (χ1v) is 13.6. The molecule has 0 bridgehead atoms. The summed E-state index contributed by atoms with van der Waals surface area (Å²) < 4.78 is 0. The van der Waals surface area contributed by atoms with Crippen molar-refractivity contribution in [3.63, 3.8) is 0 Å². The lowest BCUT2D eigenvalue weighted by molar-refractivity contribution is -0.131. The van der Waals surface area contributed by atoms with Gasteiger partial charge in [0, 0.05) is 23.2 Å². The van der Waals surface area contributed by atoms with Crippen LogP contribution in [-0.2, 0) is 14.4 Å². The summed E-state index contributed by atoms with van der Waals surface area (Å²) in [7, 11) is 0. The van der Waals surface area contributed by atoms with E-state index in [-0.39, 0.29) is 17.9 Å². The van der Waals surface area contributed by atoms with E-state index in [2.05, 4.69) is 26.3 Å². The Morgan fingerprint density at radius 3 is 2.21 bits per heavy atom. The molecule has 3 rings (SSSR count). The molecule has 1 saturated carbocycles. The lowest BCUT2D eigenvalue weighted by atomic mass is 9.85. The van der Waals surface area contributed by atoms with E-state index in [0.717, 1.165) is 12.8 Å². The molecule has 9 nitrogen and oxygen atoms in total. The van der Waals surface area contributed by atoms with Gasteiger partial charge in [0.1, 0.15) is 12.1 Å². The molecule has 210 valence electrons. The van der Waals surface area contributed by atoms with Gasteiger partial charge in [0.2, 0.25) is 17.7 Å². The smallest absolute Gasteiger partial charge is 0.252 e. The molecule has 4 amide bonds. The summed E-state index contributed by atoms with van der Waals surface area (Å²) in [4.78, 5) is 56.9. The fourth-order valence-electron chi connectivity index (χ4n) is 4.37. The lowest BCUT2D eigenvalue weighted by Gasteiger charge is -2.32. The normalized spacial score (nSPS) is 16.3. The molecule has 1 heterocycles. The fraction of sp³-hybridized carbons (Fsp3) is 0.500. The van der Waals surface area contributed by atoms with Crippen LogP contribution in [0.5, 0.6) is 0 Å². The predicted octanol–water partition coefficient (Wildman–Crippen LogP) is 3.25. The average Bonchev–Trinajstić information content (AvgIpc) is 3.69. The number of nitrogens with zero attached hydrogens (tertiary/aromatic N) is 1. The first-order valence-electron chi connectivity index (χ1n) is 13.6. The van der Waals surface area contributed by atoms with Crippen LogP contribution in [0.1, 0.15) is 71.7 Å². The summed E-state index contributed by atoms with van der Waals surface area (Å²) in [6, 6.07) is 6.80. The van der Waals surface area contributed by atoms with Crippen molar-refractivity contribution in [2.24, 2.45) is 11.3 Å². The Labute approximate surface area is 230 Å². The van der Waals surface area contributed by atoms with Gasteiger partial charge in [-0.2, -0.15) is 0 Å². The molecule has 1 aromatic heterocycles. The van der Waals surface area contributed by atoms with E-state index in [9.17, 15) is 19.2 Å². The van der Waals surface area contributed by atoms with E-state index in [1.807, 2.05) is 58.9 Å². The highest BCUT2D eigenvalue weighted by Crippen LogP contribution is 2.23. The van der Waals surface area contributed by atoms with Gasteiger partial charge in [0.15, 0.2) is 0 Å². The summed E-state index contributed by atoms with van der Waals surface area (Å²) in [6.45, 7) is 12.8. The minimum absolute atomic E-state index is 0.0511. The summed E-state index contributed by atoms with van der Waals surface area (Å²) in [6.07, 6.45) is 5.21. The molecule has 2 aromatic rings. The Morgan fingerprint density at radius 1 is 0.949 bits per heavy atom. The van der Waals surface area contributed by atoms with Gasteiger partial charge in [0.05, 0.1) is 17.1 Å². The summed E-state index contributed by atoms with van der Waals surface area (Å²) in [5.41, 5.74) is 0.945. The number of nitrogens with one attached hydrogen (secondary N) is 4. The number of rotatable bonds is 10. The number of fused-ring (bicyclic) bond motifs is 1. The van der Waals surface area contributed by atoms with Crippen molar-refractivity contribution in [3.8, 4) is 0 Å². The van der Waals surface area contributed by atoms with Crippen molar-refractivity contribution < 1.29 is 19.2 Å². The molecule has 1 aromatic carbocycles. The van der Waals surface area contributed by atoms with Gasteiger partial charge in [0.25, 0.3) is 5.91 Å². The van der Waals surface area contributed by atoms with Crippen LogP contribution >= 0.6 is 0 Å². The fourth-order valence-corrected chi connectivity index (χ4v) is 4.37. The maximum absolute atomic E-state index is 13.4. The Morgan fingerprint density at radius 2 is 1.62 bits per heavy atom. The molecule has 1 aliphatic rings. The van der Waals surface area contributed by atoms with E-state index >= 15 is 0 Å². The molecule has 1 fully saturated rings. The zero-order valence-electron chi connectivity index (χ0n) is 23.9. The number of hydrogen-bond donors (Lipinski definition) is 4. The van der Waals surface area contributed by atoms with Crippen LogP contribution in [0.15, 0.2) is 48.2 Å². The number of benzene rings is 1. The molecule has 4 N–H and O–H groups in total. The minimum atomic E-state index is -0.913. The SMILES string of the molecule is CC=C(C(=O)NC1CC1)[C@@H](NC(=O)C(C)NC(=O)[C@@H](NC(=O)c1ccnc2ccccc12)C(C)(C)C)C(C)C. The first-order chi connectivity index (χ1) is 18.3. The topological polar surface area (TPSA) is 129 Å². The van der Waals surface area contributed by atoms with Crippen molar-refractivity contribution in [1.82, 2.24) is 26.3 Å². The van der Waals surface area contributed by atoms with E-state index < -0.39 is 41.3 Å². The van der Waals surface area contributed by atoms with Crippen LogP contribution in [0.3, 0.4) is 0 Å². The van der Waals surface area contributed by atoms with Crippen LogP contribution in [0.4, 0.5) is 0 Å². The Hall–Kier alpha value is -3.75. The molecule has 3 atom stereocenters. The van der Waals surface area contributed by atoms with Gasteiger partial charge >= 0.3 is 0 Å². The largest absolute Gasteiger partial charge is 0.350 e. The number of carbonyl (C=O) groups excluding carboxylic acids is 4. The van der Waals surface area contributed by atoms with Gasteiger partial charge in [-0.15, -0.1) is 0 Å². The summed E-state index contributed by atoms with van der Waals surface area (Å²) in [5.74, 6) is -1.53. The van der Waals surface area contributed by atoms with Crippen molar-refractivity contribution in [2.75, 3.05) is 0 Å². The Balaban J connectivity index is 1.71. The number of carbonyl (C=O) groups is 4. The summed E-state index contributed by atoms with van der Waals surface area (Å²) >= 11 is 0. The molecule has 1 aliphatic carbocycles. The zero-order valence-corrected chi connectivity index (χ0v) is 23.9. The van der Waals surface area contributed by atoms with Crippen LogP contribution in [0.25, 0.3) is 10.9 Å².